The van der Waals surface area contributed by atoms with Gasteiger partial charge in [-0.05, 0) is 43.7 Å². The van der Waals surface area contributed by atoms with Gasteiger partial charge in [-0.25, -0.2) is 0 Å². The third-order valence-electron chi connectivity index (χ3n) is 2.86. The molecule has 0 aromatic heterocycles. The lowest BCUT2D eigenvalue weighted by atomic mass is 10.2. The van der Waals surface area contributed by atoms with E-state index in [4.69, 9.17) is 19.9 Å². The van der Waals surface area contributed by atoms with Crippen molar-refractivity contribution in [2.24, 2.45) is 0 Å². The van der Waals surface area contributed by atoms with E-state index in [2.05, 4.69) is 0 Å². The summed E-state index contributed by atoms with van der Waals surface area (Å²) in [6.45, 7) is 4.47. The van der Waals surface area contributed by atoms with Crippen LogP contribution in [0.4, 0.5) is 5.69 Å². The second-order valence-electron chi connectivity index (χ2n) is 4.36. The Morgan fingerprint density at radius 3 is 2.45 bits per heavy atom. The van der Waals surface area contributed by atoms with Gasteiger partial charge in [0.2, 0.25) is 0 Å². The number of para-hydroxylation sites is 1. The number of nitrogen functional groups attached to an aromatic ring is 1. The summed E-state index contributed by atoms with van der Waals surface area (Å²) < 4.78 is 16.6. The van der Waals surface area contributed by atoms with Crippen LogP contribution in [0, 0.1) is 6.92 Å². The Hall–Kier alpha value is -2.36. The topological polar surface area (TPSA) is 53.7 Å². The molecule has 2 aromatic rings. The Kier molecular flexibility index (Phi) is 4.35. The fraction of sp³-hybridized carbons (Fsp3) is 0.250. The van der Waals surface area contributed by atoms with Crippen molar-refractivity contribution in [3.05, 3.63) is 42.0 Å². The largest absolute Gasteiger partial charge is 0.493 e. The van der Waals surface area contributed by atoms with Gasteiger partial charge in [0.25, 0.3) is 0 Å². The molecule has 0 atom stereocenters. The van der Waals surface area contributed by atoms with Gasteiger partial charge < -0.3 is 19.9 Å². The number of rotatable bonds is 5. The molecule has 0 amide bonds. The molecule has 0 aliphatic rings. The third kappa shape index (κ3) is 2.96. The molecule has 20 heavy (non-hydrogen) atoms. The summed E-state index contributed by atoms with van der Waals surface area (Å²) >= 11 is 0. The van der Waals surface area contributed by atoms with Crippen molar-refractivity contribution in [3.63, 3.8) is 0 Å². The predicted octanol–water partition coefficient (Wildman–Crippen LogP) is 3.78. The summed E-state index contributed by atoms with van der Waals surface area (Å²) in [5.74, 6) is 2.47. The average molecular weight is 273 g/mol. The van der Waals surface area contributed by atoms with Gasteiger partial charge >= 0.3 is 0 Å². The van der Waals surface area contributed by atoms with Crippen LogP contribution < -0.4 is 19.9 Å². The SMILES string of the molecule is CCOc1cccc(Oc2ccc(C)cc2OC)c1N. The lowest BCUT2D eigenvalue weighted by Gasteiger charge is -2.14. The summed E-state index contributed by atoms with van der Waals surface area (Å²) in [6.07, 6.45) is 0. The Balaban J connectivity index is 2.33. The minimum absolute atomic E-state index is 0.483. The smallest absolute Gasteiger partial charge is 0.169 e. The maximum Gasteiger partial charge on any atom is 0.169 e. The molecule has 2 rings (SSSR count). The van der Waals surface area contributed by atoms with E-state index < -0.39 is 0 Å². The van der Waals surface area contributed by atoms with Crippen molar-refractivity contribution in [2.45, 2.75) is 13.8 Å². The lowest BCUT2D eigenvalue weighted by molar-refractivity contribution is 0.339. The first-order chi connectivity index (χ1) is 9.65. The molecule has 2 aromatic carbocycles. The molecule has 0 heterocycles. The monoisotopic (exact) mass is 273 g/mol. The van der Waals surface area contributed by atoms with Crippen molar-refractivity contribution < 1.29 is 14.2 Å². The number of hydrogen-bond acceptors (Lipinski definition) is 4. The van der Waals surface area contributed by atoms with E-state index in [1.807, 2.05) is 44.2 Å². The molecule has 0 unspecified atom stereocenters. The van der Waals surface area contributed by atoms with Gasteiger partial charge in [0.15, 0.2) is 17.2 Å². The van der Waals surface area contributed by atoms with Crippen molar-refractivity contribution in [1.29, 1.82) is 0 Å². The van der Waals surface area contributed by atoms with Gasteiger partial charge in [0.05, 0.1) is 13.7 Å². The van der Waals surface area contributed by atoms with Crippen LogP contribution in [0.2, 0.25) is 0 Å². The van der Waals surface area contributed by atoms with E-state index in [-0.39, 0.29) is 0 Å². The lowest BCUT2D eigenvalue weighted by Crippen LogP contribution is -1.99. The summed E-state index contributed by atoms with van der Waals surface area (Å²) in [7, 11) is 1.61. The van der Waals surface area contributed by atoms with Gasteiger partial charge in [-0.2, -0.15) is 0 Å². The first-order valence-electron chi connectivity index (χ1n) is 6.49. The summed E-state index contributed by atoms with van der Waals surface area (Å²) in [6, 6.07) is 11.2. The predicted molar refractivity (Wildman–Crippen MR) is 79.8 cm³/mol. The number of ether oxygens (including phenoxy) is 3. The second-order valence-corrected chi connectivity index (χ2v) is 4.36. The highest BCUT2D eigenvalue weighted by Gasteiger charge is 2.11. The minimum atomic E-state index is 0.483. The van der Waals surface area contributed by atoms with E-state index in [1.54, 1.807) is 13.2 Å². The van der Waals surface area contributed by atoms with Gasteiger partial charge in [-0.15, -0.1) is 0 Å². The molecule has 0 aliphatic heterocycles. The second kappa shape index (κ2) is 6.19. The van der Waals surface area contributed by atoms with Crippen LogP contribution in [0.3, 0.4) is 0 Å². The minimum Gasteiger partial charge on any atom is -0.493 e. The summed E-state index contributed by atoms with van der Waals surface area (Å²) in [4.78, 5) is 0. The molecule has 0 aliphatic carbocycles. The van der Waals surface area contributed by atoms with Crippen LogP contribution in [0.1, 0.15) is 12.5 Å². The van der Waals surface area contributed by atoms with Crippen LogP contribution in [0.15, 0.2) is 36.4 Å². The van der Waals surface area contributed by atoms with Crippen LogP contribution in [0.25, 0.3) is 0 Å². The Morgan fingerprint density at radius 1 is 1.00 bits per heavy atom. The quantitative estimate of drug-likeness (QED) is 0.842. The molecule has 0 saturated heterocycles. The molecule has 4 heteroatoms. The molecule has 0 spiro atoms. The first kappa shape index (κ1) is 14.1. The zero-order valence-electron chi connectivity index (χ0n) is 12.0. The van der Waals surface area contributed by atoms with Crippen LogP contribution >= 0.6 is 0 Å². The van der Waals surface area contributed by atoms with E-state index in [9.17, 15) is 0 Å². The molecule has 0 radical (unpaired) electrons. The van der Waals surface area contributed by atoms with E-state index in [0.29, 0.717) is 35.3 Å². The number of nitrogens with two attached hydrogens (primary N) is 1. The fourth-order valence-corrected chi connectivity index (χ4v) is 1.87. The zero-order chi connectivity index (χ0) is 14.5. The molecule has 106 valence electrons. The third-order valence-corrected chi connectivity index (χ3v) is 2.86. The molecule has 4 nitrogen and oxygen atoms in total. The highest BCUT2D eigenvalue weighted by atomic mass is 16.5. The number of benzene rings is 2. The molecule has 0 saturated carbocycles. The molecule has 0 bridgehead atoms. The summed E-state index contributed by atoms with van der Waals surface area (Å²) in [5.41, 5.74) is 7.63. The Labute approximate surface area is 119 Å². The van der Waals surface area contributed by atoms with Crippen molar-refractivity contribution >= 4 is 5.69 Å². The number of methoxy groups -OCH3 is 1. The molecular weight excluding hydrogens is 254 g/mol. The summed E-state index contributed by atoms with van der Waals surface area (Å²) in [5, 5.41) is 0. The van der Waals surface area contributed by atoms with Crippen molar-refractivity contribution in [1.82, 2.24) is 0 Å². The van der Waals surface area contributed by atoms with E-state index >= 15 is 0 Å². The van der Waals surface area contributed by atoms with E-state index in [1.165, 1.54) is 0 Å². The Bertz CT molecular complexity index is 596. The number of aryl methyl sites for hydroxylation is 1. The van der Waals surface area contributed by atoms with Gasteiger partial charge in [0.1, 0.15) is 11.4 Å². The zero-order valence-corrected chi connectivity index (χ0v) is 12.0. The van der Waals surface area contributed by atoms with Gasteiger partial charge in [-0.1, -0.05) is 12.1 Å². The van der Waals surface area contributed by atoms with Crippen LogP contribution in [-0.2, 0) is 0 Å². The molecule has 2 N–H and O–H groups in total. The highest BCUT2D eigenvalue weighted by Crippen LogP contribution is 2.38. The van der Waals surface area contributed by atoms with Crippen LogP contribution in [0.5, 0.6) is 23.0 Å². The highest BCUT2D eigenvalue weighted by molar-refractivity contribution is 5.64. The maximum atomic E-state index is 6.05. The van der Waals surface area contributed by atoms with Crippen molar-refractivity contribution in [3.8, 4) is 23.0 Å². The Morgan fingerprint density at radius 2 is 1.75 bits per heavy atom. The van der Waals surface area contributed by atoms with Crippen molar-refractivity contribution in [2.75, 3.05) is 19.5 Å². The van der Waals surface area contributed by atoms with Crippen LogP contribution in [-0.4, -0.2) is 13.7 Å². The van der Waals surface area contributed by atoms with Gasteiger partial charge in [-0.3, -0.25) is 0 Å². The standard InChI is InChI=1S/C16H19NO3/c1-4-19-13-6-5-7-14(16(13)17)20-12-9-8-11(2)10-15(12)18-3/h5-10H,4,17H2,1-3H3. The normalized spacial score (nSPS) is 10.2. The first-order valence-corrected chi connectivity index (χ1v) is 6.49. The average Bonchev–Trinajstić information content (AvgIpc) is 2.45. The molecular formula is C16H19NO3. The number of hydrogen-bond donors (Lipinski definition) is 1. The molecule has 0 fully saturated rings. The van der Waals surface area contributed by atoms with E-state index in [0.717, 1.165) is 5.56 Å². The maximum absolute atomic E-state index is 6.05. The van der Waals surface area contributed by atoms with Gasteiger partial charge in [0, 0.05) is 0 Å². The fourth-order valence-electron chi connectivity index (χ4n) is 1.87. The number of anilines is 1.